The van der Waals surface area contributed by atoms with Gasteiger partial charge in [0.15, 0.2) is 25.5 Å². The van der Waals surface area contributed by atoms with Crippen molar-refractivity contribution in [2.45, 2.75) is 16.7 Å². The Kier molecular flexibility index (Phi) is 13.8. The van der Waals surface area contributed by atoms with Gasteiger partial charge in [0.1, 0.15) is 28.2 Å². The van der Waals surface area contributed by atoms with Crippen molar-refractivity contribution in [1.29, 1.82) is 5.26 Å². The van der Waals surface area contributed by atoms with Crippen LogP contribution in [0.15, 0.2) is 72.7 Å². The first-order chi connectivity index (χ1) is 23.8. The van der Waals surface area contributed by atoms with Gasteiger partial charge in [0.05, 0.1) is 58.1 Å². The third-order valence-electron chi connectivity index (χ3n) is 6.64. The first-order valence-electron chi connectivity index (χ1n) is 14.4. The van der Waals surface area contributed by atoms with Crippen molar-refractivity contribution in [3.8, 4) is 6.07 Å². The number of nitriles is 1. The Bertz CT molecular complexity index is 2290. The molecule has 2 aromatic carbocycles. The normalized spacial score (nSPS) is 12.7. The molecule has 3 rings (SSSR count). The topological polar surface area (TPSA) is 328 Å². The van der Waals surface area contributed by atoms with Crippen molar-refractivity contribution in [3.63, 3.8) is 0 Å². The minimum atomic E-state index is -4.96. The van der Waals surface area contributed by atoms with Crippen LogP contribution in [-0.4, -0.2) is 107 Å². The predicted octanol–water partition coefficient (Wildman–Crippen LogP) is 2.22. The van der Waals surface area contributed by atoms with Gasteiger partial charge >= 0.3 is 0 Å². The second-order valence-corrected chi connectivity index (χ2v) is 17.8. The molecule has 0 fully saturated rings. The Morgan fingerprint density at radius 1 is 0.706 bits per heavy atom. The van der Waals surface area contributed by atoms with E-state index >= 15 is 0 Å². The van der Waals surface area contributed by atoms with Gasteiger partial charge in [-0.2, -0.15) is 32.3 Å². The van der Waals surface area contributed by atoms with E-state index in [0.717, 1.165) is 24.3 Å². The summed E-state index contributed by atoms with van der Waals surface area (Å²) in [5.74, 6) is -2.12. The van der Waals surface area contributed by atoms with Crippen molar-refractivity contribution in [1.82, 2.24) is 4.98 Å². The van der Waals surface area contributed by atoms with Crippen LogP contribution in [0.4, 0.5) is 34.4 Å². The fourth-order valence-corrected chi connectivity index (χ4v) is 7.01. The fourth-order valence-electron chi connectivity index (χ4n) is 4.10. The summed E-state index contributed by atoms with van der Waals surface area (Å²) in [5.41, 5.74) is -0.519. The molecule has 276 valence electrons. The first-order valence-corrected chi connectivity index (χ1v) is 20.9. The number of rotatable bonds is 18. The van der Waals surface area contributed by atoms with Gasteiger partial charge in [0, 0.05) is 18.7 Å². The standard InChI is InChI=1S/C27H32N8O12S4/c1-18-22(17-28)26(29-8-12-48(38,39)14-10-36)31-27(30-9-13-49(40,41)15-11-37)25(18)35-34-23-7-4-20(16-24(23)51(45,46)47)33-32-19-2-5-21(6-3-19)50(42,43)44/h2-7,16,36-37H,8-15H2,1H3,(H2,29,30,31)(H,42,43,44)(H,45,46,47)/b33-32+,35-34+. The molecule has 51 heavy (non-hydrogen) atoms. The van der Waals surface area contributed by atoms with Crippen molar-refractivity contribution >= 4 is 74.3 Å². The van der Waals surface area contributed by atoms with E-state index in [1.807, 2.05) is 6.07 Å². The lowest BCUT2D eigenvalue weighted by Crippen LogP contribution is -2.22. The summed E-state index contributed by atoms with van der Waals surface area (Å²) in [4.78, 5) is 3.12. The van der Waals surface area contributed by atoms with E-state index in [9.17, 15) is 43.5 Å². The Hall–Kier alpha value is -4.48. The van der Waals surface area contributed by atoms with E-state index in [2.05, 4.69) is 36.1 Å². The number of aliphatic hydroxyl groups is 2. The van der Waals surface area contributed by atoms with Crippen LogP contribution in [-0.2, 0) is 39.9 Å². The maximum Gasteiger partial charge on any atom is 0.296 e. The van der Waals surface area contributed by atoms with Crippen LogP contribution in [0.25, 0.3) is 0 Å². The average Bonchev–Trinajstić information content (AvgIpc) is 3.03. The van der Waals surface area contributed by atoms with Crippen molar-refractivity contribution in [2.75, 3.05) is 59.9 Å². The monoisotopic (exact) mass is 788 g/mol. The molecule has 20 nitrogen and oxygen atoms in total. The summed E-state index contributed by atoms with van der Waals surface area (Å²) in [5, 5.41) is 49.1. The molecule has 0 aliphatic heterocycles. The minimum Gasteiger partial charge on any atom is -0.395 e. The van der Waals surface area contributed by atoms with Crippen LogP contribution in [0, 0.1) is 18.3 Å². The van der Waals surface area contributed by atoms with Gasteiger partial charge in [-0.25, -0.2) is 21.8 Å². The molecule has 1 heterocycles. The van der Waals surface area contributed by atoms with Crippen LogP contribution in [0.1, 0.15) is 11.1 Å². The molecule has 24 heteroatoms. The Morgan fingerprint density at radius 3 is 1.75 bits per heavy atom. The molecular formula is C27H32N8O12S4. The maximum atomic E-state index is 12.3. The van der Waals surface area contributed by atoms with Crippen LogP contribution in [0.5, 0.6) is 0 Å². The maximum absolute atomic E-state index is 12.3. The fraction of sp³-hybridized carbons (Fsp3) is 0.333. The van der Waals surface area contributed by atoms with Gasteiger partial charge in [0.2, 0.25) is 0 Å². The lowest BCUT2D eigenvalue weighted by Gasteiger charge is -2.16. The third-order valence-corrected chi connectivity index (χ3v) is 11.6. The number of aliphatic hydroxyl groups excluding tert-OH is 2. The number of pyridine rings is 1. The SMILES string of the molecule is Cc1c(C#N)c(NCCS(=O)(=O)CCO)nc(NCCS(=O)(=O)CCO)c1/N=N/c1ccc(/N=N/c2ccc(S(=O)(=O)O)cc2)cc1S(=O)(=O)O. The zero-order chi connectivity index (χ0) is 38.0. The number of hydrogen-bond donors (Lipinski definition) is 6. The molecular weight excluding hydrogens is 757 g/mol. The van der Waals surface area contributed by atoms with Crippen LogP contribution in [0.3, 0.4) is 0 Å². The van der Waals surface area contributed by atoms with E-state index < -0.39 is 91.6 Å². The van der Waals surface area contributed by atoms with Gasteiger partial charge in [-0.3, -0.25) is 9.11 Å². The lowest BCUT2D eigenvalue weighted by molar-refractivity contribution is 0.319. The summed E-state index contributed by atoms with van der Waals surface area (Å²) in [6.07, 6.45) is 0. The van der Waals surface area contributed by atoms with E-state index in [1.165, 1.54) is 25.1 Å². The van der Waals surface area contributed by atoms with Crippen molar-refractivity contribution in [2.24, 2.45) is 20.5 Å². The van der Waals surface area contributed by atoms with E-state index in [4.69, 9.17) is 14.8 Å². The number of hydrogen-bond acceptors (Lipinski definition) is 18. The second kappa shape index (κ2) is 17.2. The predicted molar refractivity (Wildman–Crippen MR) is 183 cm³/mol. The Balaban J connectivity index is 2.03. The highest BCUT2D eigenvalue weighted by Crippen LogP contribution is 2.37. The molecule has 0 bridgehead atoms. The number of benzene rings is 2. The largest absolute Gasteiger partial charge is 0.395 e. The van der Waals surface area contributed by atoms with Gasteiger partial charge in [-0.15, -0.1) is 10.2 Å². The van der Waals surface area contributed by atoms with Crippen LogP contribution < -0.4 is 10.6 Å². The van der Waals surface area contributed by atoms with Crippen molar-refractivity contribution in [3.05, 3.63) is 53.6 Å². The second-order valence-electron chi connectivity index (χ2n) is 10.4. The van der Waals surface area contributed by atoms with Gasteiger partial charge < -0.3 is 20.8 Å². The molecule has 0 aliphatic rings. The number of azo groups is 2. The molecule has 0 amide bonds. The molecule has 0 atom stereocenters. The molecule has 0 spiro atoms. The van der Waals surface area contributed by atoms with Crippen LogP contribution in [0.2, 0.25) is 0 Å². The average molecular weight is 789 g/mol. The smallest absolute Gasteiger partial charge is 0.296 e. The molecule has 3 aromatic rings. The van der Waals surface area contributed by atoms with Gasteiger partial charge in [-0.05, 0) is 49.4 Å². The van der Waals surface area contributed by atoms with E-state index in [1.54, 1.807) is 0 Å². The van der Waals surface area contributed by atoms with Crippen LogP contribution >= 0.6 is 0 Å². The quantitative estimate of drug-likeness (QED) is 0.0795. The number of nitrogens with one attached hydrogen (secondary N) is 2. The summed E-state index contributed by atoms with van der Waals surface area (Å²) >= 11 is 0. The molecule has 6 N–H and O–H groups in total. The summed E-state index contributed by atoms with van der Waals surface area (Å²) in [6.45, 7) is -0.248. The molecule has 0 saturated heterocycles. The zero-order valence-corrected chi connectivity index (χ0v) is 29.8. The molecule has 0 unspecified atom stereocenters. The zero-order valence-electron chi connectivity index (χ0n) is 26.6. The summed E-state index contributed by atoms with van der Waals surface area (Å²) < 4.78 is 114. The summed E-state index contributed by atoms with van der Waals surface area (Å²) in [6, 6.07) is 9.77. The molecule has 0 saturated carbocycles. The molecule has 0 radical (unpaired) electrons. The van der Waals surface area contributed by atoms with E-state index in [0.29, 0.717) is 0 Å². The first kappa shape index (κ1) is 40.9. The summed E-state index contributed by atoms with van der Waals surface area (Å²) in [7, 11) is -16.7. The van der Waals surface area contributed by atoms with Gasteiger partial charge in [-0.1, -0.05) is 0 Å². The highest BCUT2D eigenvalue weighted by Gasteiger charge is 2.21. The van der Waals surface area contributed by atoms with Gasteiger partial charge in [0.25, 0.3) is 20.2 Å². The Labute approximate surface area is 293 Å². The minimum absolute atomic E-state index is 0.0899. The number of anilines is 2. The number of nitrogens with zero attached hydrogens (tertiary/aromatic N) is 6. The lowest BCUT2D eigenvalue weighted by atomic mass is 10.1. The third kappa shape index (κ3) is 12.1. The number of sulfone groups is 2. The molecule has 0 aliphatic carbocycles. The highest BCUT2D eigenvalue weighted by molar-refractivity contribution is 7.91. The Morgan fingerprint density at radius 2 is 1.24 bits per heavy atom. The molecule has 1 aromatic heterocycles. The van der Waals surface area contributed by atoms with Crippen molar-refractivity contribution < 1.29 is 53.0 Å². The van der Waals surface area contributed by atoms with E-state index in [-0.39, 0.29) is 52.9 Å². The highest BCUT2D eigenvalue weighted by atomic mass is 32.2. The number of aromatic nitrogens is 1.